The maximum absolute atomic E-state index is 2.51. The predicted molar refractivity (Wildman–Crippen MR) is 293 cm³/mol. The lowest BCUT2D eigenvalue weighted by atomic mass is 9.67. The third-order valence-electron chi connectivity index (χ3n) is 14.7. The van der Waals surface area contributed by atoms with E-state index in [0.29, 0.717) is 0 Å². The van der Waals surface area contributed by atoms with Gasteiger partial charge in [-0.05, 0) is 129 Å². The van der Waals surface area contributed by atoms with Crippen LogP contribution in [-0.4, -0.2) is 9.13 Å². The summed E-state index contributed by atoms with van der Waals surface area (Å²) in [6.45, 7) is 0. The number of fused-ring (bicyclic) bond motifs is 9. The standard InChI is InChI=1S/C67H45N3/c1-6-22-48(23-7-1)67(49-24-8-2-9-25-49)60-35-19-16-32-54(60)55-40-39-53(45-61(55)67)68(50-26-10-3-11-27-50)65-44-47(43-59-57-34-18-21-37-63(57)70(66(59)65)52-30-14-5-15-31-52)46-38-41-64-58(42-46)56-33-17-20-36-62(56)69(64)51-28-12-4-13-29-51/h1-45H. The fraction of sp³-hybridized carbons (Fsp3) is 0.0149. The molecule has 328 valence electrons. The molecular formula is C67H45N3. The van der Waals surface area contributed by atoms with Crippen molar-refractivity contribution in [3.63, 3.8) is 0 Å². The molecule has 0 amide bonds. The summed E-state index contributed by atoms with van der Waals surface area (Å²) < 4.78 is 4.86. The van der Waals surface area contributed by atoms with Crippen molar-refractivity contribution in [1.82, 2.24) is 9.13 Å². The molecule has 0 spiro atoms. The highest BCUT2D eigenvalue weighted by atomic mass is 15.2. The zero-order chi connectivity index (χ0) is 46.2. The van der Waals surface area contributed by atoms with Gasteiger partial charge in [0.2, 0.25) is 0 Å². The van der Waals surface area contributed by atoms with Crippen molar-refractivity contribution in [1.29, 1.82) is 0 Å². The molecule has 0 fully saturated rings. The lowest BCUT2D eigenvalue weighted by Crippen LogP contribution is -2.28. The molecule has 3 nitrogen and oxygen atoms in total. The highest BCUT2D eigenvalue weighted by Crippen LogP contribution is 2.58. The second-order valence-electron chi connectivity index (χ2n) is 18.4. The smallest absolute Gasteiger partial charge is 0.0782 e. The molecule has 13 aromatic rings. The van der Waals surface area contributed by atoms with Crippen molar-refractivity contribution < 1.29 is 0 Å². The number of anilines is 3. The summed E-state index contributed by atoms with van der Waals surface area (Å²) in [5.41, 5.74) is 19.5. The van der Waals surface area contributed by atoms with Gasteiger partial charge in [-0.25, -0.2) is 0 Å². The van der Waals surface area contributed by atoms with Gasteiger partial charge in [-0.1, -0.05) is 188 Å². The van der Waals surface area contributed by atoms with Gasteiger partial charge in [0.15, 0.2) is 0 Å². The minimum atomic E-state index is -0.558. The van der Waals surface area contributed by atoms with E-state index in [4.69, 9.17) is 0 Å². The molecule has 2 aromatic heterocycles. The molecule has 1 aliphatic carbocycles. The minimum Gasteiger partial charge on any atom is -0.309 e. The summed E-state index contributed by atoms with van der Waals surface area (Å²) in [5.74, 6) is 0. The van der Waals surface area contributed by atoms with E-state index in [0.717, 1.165) is 50.6 Å². The molecular weight excluding hydrogens is 847 g/mol. The van der Waals surface area contributed by atoms with E-state index >= 15 is 0 Å². The van der Waals surface area contributed by atoms with Gasteiger partial charge >= 0.3 is 0 Å². The molecule has 0 radical (unpaired) electrons. The average Bonchev–Trinajstić information content (AvgIpc) is 4.06. The molecule has 11 aromatic carbocycles. The molecule has 0 unspecified atom stereocenters. The van der Waals surface area contributed by atoms with Crippen molar-refractivity contribution in [2.24, 2.45) is 0 Å². The van der Waals surface area contributed by atoms with Gasteiger partial charge in [0.05, 0.1) is 33.2 Å². The first-order valence-corrected chi connectivity index (χ1v) is 24.2. The normalized spacial score (nSPS) is 12.7. The van der Waals surface area contributed by atoms with Crippen LogP contribution in [0.1, 0.15) is 22.3 Å². The van der Waals surface area contributed by atoms with Gasteiger partial charge in [0.25, 0.3) is 0 Å². The number of nitrogens with zero attached hydrogens (tertiary/aromatic N) is 3. The molecule has 70 heavy (non-hydrogen) atoms. The molecule has 14 rings (SSSR count). The Hall–Kier alpha value is -9.18. The number of hydrogen-bond donors (Lipinski definition) is 0. The van der Waals surface area contributed by atoms with E-state index in [1.54, 1.807) is 0 Å². The summed E-state index contributed by atoms with van der Waals surface area (Å²) in [6, 6.07) is 101. The first-order valence-electron chi connectivity index (χ1n) is 24.2. The molecule has 3 heteroatoms. The Morgan fingerprint density at radius 1 is 0.300 bits per heavy atom. The van der Waals surface area contributed by atoms with Gasteiger partial charge in [-0.2, -0.15) is 0 Å². The third-order valence-corrected chi connectivity index (χ3v) is 14.7. The van der Waals surface area contributed by atoms with Crippen LogP contribution in [0.2, 0.25) is 0 Å². The Kier molecular flexibility index (Phi) is 9.11. The molecule has 2 heterocycles. The lowest BCUT2D eigenvalue weighted by Gasteiger charge is -2.35. The fourth-order valence-electron chi connectivity index (χ4n) is 11.8. The predicted octanol–water partition coefficient (Wildman–Crippen LogP) is 17.4. The van der Waals surface area contributed by atoms with Gasteiger partial charge in [-0.15, -0.1) is 0 Å². The second kappa shape index (κ2) is 16.0. The van der Waals surface area contributed by atoms with Gasteiger partial charge in [-0.3, -0.25) is 0 Å². The van der Waals surface area contributed by atoms with Crippen LogP contribution in [0.3, 0.4) is 0 Å². The molecule has 0 N–H and O–H groups in total. The summed E-state index contributed by atoms with van der Waals surface area (Å²) in [5, 5.41) is 4.85. The summed E-state index contributed by atoms with van der Waals surface area (Å²) in [4.78, 5) is 2.51. The first kappa shape index (κ1) is 39.9. The highest BCUT2D eigenvalue weighted by molar-refractivity contribution is 6.17. The Balaban J connectivity index is 1.08. The molecule has 0 saturated carbocycles. The second-order valence-corrected chi connectivity index (χ2v) is 18.4. The van der Waals surface area contributed by atoms with Crippen LogP contribution in [0.15, 0.2) is 273 Å². The Bertz CT molecular complexity index is 4060. The van der Waals surface area contributed by atoms with Crippen LogP contribution in [0.4, 0.5) is 17.1 Å². The number of para-hydroxylation sites is 5. The average molecular weight is 892 g/mol. The summed E-state index contributed by atoms with van der Waals surface area (Å²) in [6.07, 6.45) is 0. The van der Waals surface area contributed by atoms with Crippen molar-refractivity contribution in [2.75, 3.05) is 4.90 Å². The molecule has 0 aliphatic heterocycles. The van der Waals surface area contributed by atoms with Crippen LogP contribution in [0.5, 0.6) is 0 Å². The van der Waals surface area contributed by atoms with Gasteiger partial charge in [0.1, 0.15) is 0 Å². The van der Waals surface area contributed by atoms with E-state index in [-0.39, 0.29) is 0 Å². The molecule has 0 bridgehead atoms. The molecule has 0 atom stereocenters. The maximum atomic E-state index is 2.51. The van der Waals surface area contributed by atoms with E-state index in [1.165, 1.54) is 66.0 Å². The SMILES string of the molecule is c1ccc(N(c2ccc3c(c2)C(c2ccccc2)(c2ccccc2)c2ccccc2-3)c2cc(-c3ccc4c(c3)c3ccccc3n4-c3ccccc3)cc3c4ccccc4n(-c4ccccc4)c23)cc1. The topological polar surface area (TPSA) is 13.1 Å². The fourth-order valence-corrected chi connectivity index (χ4v) is 11.8. The van der Waals surface area contributed by atoms with Crippen LogP contribution >= 0.6 is 0 Å². The van der Waals surface area contributed by atoms with Crippen LogP contribution in [0.25, 0.3) is 77.2 Å². The molecule has 1 aliphatic rings. The van der Waals surface area contributed by atoms with Crippen molar-refractivity contribution in [3.8, 4) is 33.6 Å². The van der Waals surface area contributed by atoms with E-state index in [1.807, 2.05) is 0 Å². The highest BCUT2D eigenvalue weighted by Gasteiger charge is 2.46. The van der Waals surface area contributed by atoms with E-state index in [9.17, 15) is 0 Å². The Morgan fingerprint density at radius 2 is 0.800 bits per heavy atom. The van der Waals surface area contributed by atoms with Crippen LogP contribution in [0, 0.1) is 0 Å². The summed E-state index contributed by atoms with van der Waals surface area (Å²) in [7, 11) is 0. The van der Waals surface area contributed by atoms with Crippen molar-refractivity contribution >= 4 is 60.7 Å². The number of rotatable bonds is 8. The van der Waals surface area contributed by atoms with Crippen LogP contribution < -0.4 is 4.90 Å². The number of hydrogen-bond acceptors (Lipinski definition) is 1. The Labute approximate surface area is 407 Å². The third kappa shape index (κ3) is 5.95. The summed E-state index contributed by atoms with van der Waals surface area (Å²) >= 11 is 0. The zero-order valence-electron chi connectivity index (χ0n) is 38.3. The van der Waals surface area contributed by atoms with Crippen molar-refractivity contribution in [2.45, 2.75) is 5.41 Å². The minimum absolute atomic E-state index is 0.558. The quantitative estimate of drug-likeness (QED) is 0.148. The van der Waals surface area contributed by atoms with Gasteiger partial charge < -0.3 is 14.0 Å². The molecule has 0 saturated heterocycles. The zero-order valence-corrected chi connectivity index (χ0v) is 38.3. The van der Waals surface area contributed by atoms with Crippen LogP contribution in [-0.2, 0) is 5.41 Å². The van der Waals surface area contributed by atoms with Gasteiger partial charge in [0, 0.05) is 44.3 Å². The first-order chi connectivity index (χ1) is 34.8. The monoisotopic (exact) mass is 891 g/mol. The number of aromatic nitrogens is 2. The Morgan fingerprint density at radius 3 is 1.47 bits per heavy atom. The van der Waals surface area contributed by atoms with E-state index < -0.39 is 5.41 Å². The largest absolute Gasteiger partial charge is 0.309 e. The van der Waals surface area contributed by atoms with E-state index in [2.05, 4.69) is 287 Å². The van der Waals surface area contributed by atoms with Crippen molar-refractivity contribution in [3.05, 3.63) is 295 Å². The maximum Gasteiger partial charge on any atom is 0.0782 e. The lowest BCUT2D eigenvalue weighted by molar-refractivity contribution is 0.768. The number of benzene rings is 11.